The van der Waals surface area contributed by atoms with Gasteiger partial charge < -0.3 is 4.57 Å². The van der Waals surface area contributed by atoms with Gasteiger partial charge in [0.25, 0.3) is 11.2 Å². The maximum Gasteiger partial charge on any atom is 0.417 e. The van der Waals surface area contributed by atoms with Crippen molar-refractivity contribution < 1.29 is 18.1 Å². The third-order valence-corrected chi connectivity index (χ3v) is 2.84. The van der Waals surface area contributed by atoms with Crippen molar-refractivity contribution in [3.63, 3.8) is 0 Å². The highest BCUT2D eigenvalue weighted by Gasteiger charge is 2.31. The molecule has 0 aliphatic carbocycles. The lowest BCUT2D eigenvalue weighted by atomic mass is 10.1. The molecule has 1 heterocycles. The van der Waals surface area contributed by atoms with E-state index in [1.165, 1.54) is 24.3 Å². The molecule has 0 atom stereocenters. The monoisotopic (exact) mass is 298 g/mol. The highest BCUT2D eigenvalue weighted by Crippen LogP contribution is 2.28. The van der Waals surface area contributed by atoms with E-state index in [1.807, 2.05) is 0 Å². The van der Waals surface area contributed by atoms with E-state index < -0.39 is 22.2 Å². The van der Waals surface area contributed by atoms with Gasteiger partial charge in [-0.15, -0.1) is 0 Å². The van der Waals surface area contributed by atoms with Crippen LogP contribution in [0.4, 0.5) is 18.9 Å². The molecule has 1 aromatic heterocycles. The van der Waals surface area contributed by atoms with Gasteiger partial charge in [0.1, 0.15) is 0 Å². The fourth-order valence-corrected chi connectivity index (χ4v) is 1.83. The predicted octanol–water partition coefficient (Wildman–Crippen LogP) is 2.82. The Bertz CT molecular complexity index is 738. The third kappa shape index (κ3) is 3.28. The average Bonchev–Trinajstić information content (AvgIpc) is 2.40. The maximum absolute atomic E-state index is 12.6. The number of para-hydroxylation sites is 1. The van der Waals surface area contributed by atoms with Crippen LogP contribution in [0.3, 0.4) is 0 Å². The molecule has 0 aliphatic rings. The van der Waals surface area contributed by atoms with Crippen LogP contribution in [0.25, 0.3) is 0 Å². The van der Waals surface area contributed by atoms with Crippen LogP contribution in [0.15, 0.2) is 47.4 Å². The van der Waals surface area contributed by atoms with Crippen molar-refractivity contribution in [2.45, 2.75) is 12.7 Å². The van der Waals surface area contributed by atoms with Gasteiger partial charge in [0, 0.05) is 23.9 Å². The van der Waals surface area contributed by atoms with E-state index in [9.17, 15) is 28.1 Å². The van der Waals surface area contributed by atoms with Crippen LogP contribution in [0, 0.1) is 10.1 Å². The Kier molecular flexibility index (Phi) is 3.79. The Labute approximate surface area is 116 Å². The first kappa shape index (κ1) is 14.8. The zero-order chi connectivity index (χ0) is 15.6. The van der Waals surface area contributed by atoms with Crippen LogP contribution in [0.2, 0.25) is 0 Å². The molecule has 8 heteroatoms. The number of rotatable bonds is 3. The molecule has 0 unspecified atom stereocenters. The lowest BCUT2D eigenvalue weighted by Gasteiger charge is -2.10. The van der Waals surface area contributed by atoms with Gasteiger partial charge in [0.15, 0.2) is 0 Å². The number of nitrogens with zero attached hydrogens (tertiary/aromatic N) is 2. The maximum atomic E-state index is 12.6. The Hall–Kier alpha value is -2.64. The number of benzene rings is 1. The van der Waals surface area contributed by atoms with Crippen LogP contribution < -0.4 is 5.56 Å². The Balaban J connectivity index is 2.45. The summed E-state index contributed by atoms with van der Waals surface area (Å²) in [7, 11) is 0. The fourth-order valence-electron chi connectivity index (χ4n) is 1.83. The molecule has 0 aliphatic heterocycles. The molecule has 0 spiro atoms. The minimum atomic E-state index is -4.59. The zero-order valence-corrected chi connectivity index (χ0v) is 10.5. The Morgan fingerprint density at radius 3 is 2.43 bits per heavy atom. The van der Waals surface area contributed by atoms with Crippen molar-refractivity contribution in [2.24, 2.45) is 0 Å². The second kappa shape index (κ2) is 5.39. The molecule has 0 saturated heterocycles. The molecule has 0 amide bonds. The normalized spacial score (nSPS) is 11.4. The molecule has 0 bridgehead atoms. The van der Waals surface area contributed by atoms with Gasteiger partial charge in [-0.2, -0.15) is 13.2 Å². The number of hydrogen-bond donors (Lipinski definition) is 0. The lowest BCUT2D eigenvalue weighted by molar-refractivity contribution is -0.385. The molecule has 110 valence electrons. The quantitative estimate of drug-likeness (QED) is 0.646. The van der Waals surface area contributed by atoms with Crippen LogP contribution >= 0.6 is 0 Å². The summed E-state index contributed by atoms with van der Waals surface area (Å²) in [5, 5.41) is 10.9. The molecule has 0 N–H and O–H groups in total. The number of nitro groups is 1. The second-order valence-electron chi connectivity index (χ2n) is 4.27. The minimum Gasteiger partial charge on any atom is -0.310 e. The summed E-state index contributed by atoms with van der Waals surface area (Å²) in [6, 6.07) is 7.05. The van der Waals surface area contributed by atoms with Crippen LogP contribution in [-0.2, 0) is 12.7 Å². The van der Waals surface area contributed by atoms with E-state index in [0.29, 0.717) is 12.3 Å². The molecule has 21 heavy (non-hydrogen) atoms. The number of nitro benzene ring substituents is 1. The zero-order valence-electron chi connectivity index (χ0n) is 10.5. The van der Waals surface area contributed by atoms with Crippen molar-refractivity contribution in [3.8, 4) is 0 Å². The molecule has 0 saturated carbocycles. The molecule has 2 rings (SSSR count). The van der Waals surface area contributed by atoms with Gasteiger partial charge in [-0.1, -0.05) is 18.2 Å². The number of halogens is 3. The summed E-state index contributed by atoms with van der Waals surface area (Å²) in [4.78, 5) is 21.8. The summed E-state index contributed by atoms with van der Waals surface area (Å²) >= 11 is 0. The smallest absolute Gasteiger partial charge is 0.310 e. The summed E-state index contributed by atoms with van der Waals surface area (Å²) in [5.74, 6) is 0. The van der Waals surface area contributed by atoms with E-state index in [2.05, 4.69) is 0 Å². The van der Waals surface area contributed by atoms with Crippen molar-refractivity contribution in [3.05, 3.63) is 74.2 Å². The van der Waals surface area contributed by atoms with Gasteiger partial charge in [-0.3, -0.25) is 14.9 Å². The average molecular weight is 298 g/mol. The topological polar surface area (TPSA) is 65.1 Å². The van der Waals surface area contributed by atoms with Gasteiger partial charge in [0.05, 0.1) is 17.0 Å². The predicted molar refractivity (Wildman–Crippen MR) is 67.9 cm³/mol. The fraction of sp³-hybridized carbons (Fsp3) is 0.154. The van der Waals surface area contributed by atoms with E-state index in [4.69, 9.17) is 0 Å². The third-order valence-electron chi connectivity index (χ3n) is 2.84. The highest BCUT2D eigenvalue weighted by atomic mass is 19.4. The first-order valence-electron chi connectivity index (χ1n) is 5.79. The van der Waals surface area contributed by atoms with Gasteiger partial charge in [-0.25, -0.2) is 0 Å². The summed E-state index contributed by atoms with van der Waals surface area (Å²) < 4.78 is 38.7. The Morgan fingerprint density at radius 2 is 1.81 bits per heavy atom. The first-order valence-corrected chi connectivity index (χ1v) is 5.79. The summed E-state index contributed by atoms with van der Waals surface area (Å²) in [6.45, 7) is -0.306. The van der Waals surface area contributed by atoms with Crippen LogP contribution in [0.5, 0.6) is 0 Å². The SMILES string of the molecule is O=c1ccc(C(F)(F)F)cn1Cc1ccccc1[N+](=O)[O-]. The van der Waals surface area contributed by atoms with Gasteiger partial charge >= 0.3 is 6.18 Å². The molecular formula is C13H9F3N2O3. The van der Waals surface area contributed by atoms with E-state index >= 15 is 0 Å². The minimum absolute atomic E-state index is 0.156. The van der Waals surface area contributed by atoms with Gasteiger partial charge in [-0.05, 0) is 6.07 Å². The molecule has 0 fully saturated rings. The van der Waals surface area contributed by atoms with Crippen molar-refractivity contribution in [1.82, 2.24) is 4.57 Å². The lowest BCUT2D eigenvalue weighted by Crippen LogP contribution is -2.22. The first-order chi connectivity index (χ1) is 9.79. The number of pyridine rings is 1. The van der Waals surface area contributed by atoms with Crippen molar-refractivity contribution in [1.29, 1.82) is 0 Å². The summed E-state index contributed by atoms with van der Waals surface area (Å²) in [5.41, 5.74) is -1.74. The molecular weight excluding hydrogens is 289 g/mol. The Morgan fingerprint density at radius 1 is 1.14 bits per heavy atom. The van der Waals surface area contributed by atoms with E-state index in [-0.39, 0.29) is 17.8 Å². The number of aromatic nitrogens is 1. The standard InChI is InChI=1S/C13H9F3N2O3/c14-13(15,16)10-5-6-12(19)17(8-10)7-9-3-1-2-4-11(9)18(20)21/h1-6,8H,7H2. The molecule has 0 radical (unpaired) electrons. The van der Waals surface area contributed by atoms with Crippen LogP contribution in [-0.4, -0.2) is 9.49 Å². The van der Waals surface area contributed by atoms with Crippen molar-refractivity contribution in [2.75, 3.05) is 0 Å². The molecule has 2 aromatic rings. The largest absolute Gasteiger partial charge is 0.417 e. The van der Waals surface area contributed by atoms with Crippen molar-refractivity contribution >= 4 is 5.69 Å². The summed E-state index contributed by atoms with van der Waals surface area (Å²) in [6.07, 6.45) is -3.93. The van der Waals surface area contributed by atoms with E-state index in [1.54, 1.807) is 0 Å². The molecule has 5 nitrogen and oxygen atoms in total. The van der Waals surface area contributed by atoms with E-state index in [0.717, 1.165) is 10.6 Å². The number of alkyl halides is 3. The highest BCUT2D eigenvalue weighted by molar-refractivity contribution is 5.40. The number of hydrogen-bond acceptors (Lipinski definition) is 3. The molecule has 1 aromatic carbocycles. The van der Waals surface area contributed by atoms with Gasteiger partial charge in [0.2, 0.25) is 0 Å². The van der Waals surface area contributed by atoms with Crippen LogP contribution in [0.1, 0.15) is 11.1 Å². The second-order valence-corrected chi connectivity index (χ2v) is 4.27.